The van der Waals surface area contributed by atoms with Crippen LogP contribution >= 0.6 is 0 Å². The van der Waals surface area contributed by atoms with Gasteiger partial charge in [0.2, 0.25) is 0 Å². The highest BCUT2D eigenvalue weighted by Crippen LogP contribution is 2.37. The Balaban J connectivity index is 2.11. The van der Waals surface area contributed by atoms with Crippen molar-refractivity contribution in [1.29, 1.82) is 0 Å². The summed E-state index contributed by atoms with van der Waals surface area (Å²) in [5.41, 5.74) is 0.181. The average Bonchev–Trinajstić information content (AvgIpc) is 2.48. The fraction of sp³-hybridized carbons (Fsp3) is 1.00. The Bertz CT molecular complexity index is 124. The van der Waals surface area contributed by atoms with Gasteiger partial charge in [0, 0.05) is 6.54 Å². The van der Waals surface area contributed by atoms with E-state index in [0.717, 1.165) is 13.2 Å². The van der Waals surface area contributed by atoms with Crippen LogP contribution in [-0.2, 0) is 4.74 Å². The number of likely N-dealkylation sites (N-methyl/N-ethyl adjacent to an activating group) is 1. The minimum Gasteiger partial charge on any atom is -0.359 e. The molecule has 1 aliphatic carbocycles. The third kappa shape index (κ3) is 0.789. The van der Waals surface area contributed by atoms with Gasteiger partial charge >= 0.3 is 0 Å². The molecule has 1 heterocycles. The van der Waals surface area contributed by atoms with Crippen molar-refractivity contribution >= 4 is 0 Å². The summed E-state index contributed by atoms with van der Waals surface area (Å²) in [5.74, 6) is 0. The first kappa shape index (κ1) is 6.62. The molecule has 0 atom stereocenters. The van der Waals surface area contributed by atoms with E-state index in [1.165, 1.54) is 25.7 Å². The second-order valence-corrected chi connectivity index (χ2v) is 3.42. The molecular weight excluding hydrogens is 126 g/mol. The zero-order valence-electron chi connectivity index (χ0n) is 6.60. The molecule has 1 aliphatic heterocycles. The van der Waals surface area contributed by atoms with Crippen LogP contribution in [0.1, 0.15) is 25.7 Å². The Labute approximate surface area is 62.2 Å². The van der Waals surface area contributed by atoms with Gasteiger partial charge in [0.05, 0.1) is 6.61 Å². The molecule has 2 nitrogen and oxygen atoms in total. The van der Waals surface area contributed by atoms with Crippen LogP contribution in [-0.4, -0.2) is 30.8 Å². The molecule has 0 aromatic carbocycles. The summed E-state index contributed by atoms with van der Waals surface area (Å²) >= 11 is 0. The van der Waals surface area contributed by atoms with Crippen molar-refractivity contribution in [2.45, 2.75) is 31.4 Å². The average molecular weight is 141 g/mol. The van der Waals surface area contributed by atoms with Crippen LogP contribution < -0.4 is 0 Å². The summed E-state index contributed by atoms with van der Waals surface area (Å²) in [6, 6.07) is 0. The van der Waals surface area contributed by atoms with Crippen molar-refractivity contribution in [1.82, 2.24) is 4.90 Å². The lowest BCUT2D eigenvalue weighted by molar-refractivity contribution is -0.0653. The van der Waals surface area contributed by atoms with E-state index in [4.69, 9.17) is 4.74 Å². The third-order valence-electron chi connectivity index (χ3n) is 2.88. The minimum atomic E-state index is 0.181. The zero-order valence-corrected chi connectivity index (χ0v) is 6.60. The molecule has 0 bridgehead atoms. The van der Waals surface area contributed by atoms with Crippen molar-refractivity contribution in [3.63, 3.8) is 0 Å². The highest BCUT2D eigenvalue weighted by molar-refractivity contribution is 4.88. The molecule has 1 saturated heterocycles. The fourth-order valence-corrected chi connectivity index (χ4v) is 2.14. The number of rotatable bonds is 0. The van der Waals surface area contributed by atoms with Crippen LogP contribution in [0.2, 0.25) is 0 Å². The summed E-state index contributed by atoms with van der Waals surface area (Å²) < 4.78 is 5.74. The third-order valence-corrected chi connectivity index (χ3v) is 2.88. The first-order valence-electron chi connectivity index (χ1n) is 4.19. The van der Waals surface area contributed by atoms with E-state index in [9.17, 15) is 0 Å². The molecule has 58 valence electrons. The Morgan fingerprint density at radius 2 is 2.00 bits per heavy atom. The molecule has 0 aromatic heterocycles. The van der Waals surface area contributed by atoms with Gasteiger partial charge in [-0.2, -0.15) is 0 Å². The molecule has 2 heteroatoms. The van der Waals surface area contributed by atoms with Gasteiger partial charge in [-0.1, -0.05) is 0 Å². The molecule has 0 N–H and O–H groups in total. The van der Waals surface area contributed by atoms with Crippen LogP contribution in [0.15, 0.2) is 0 Å². The molecular formula is C8H15NO. The van der Waals surface area contributed by atoms with Gasteiger partial charge in [0.15, 0.2) is 0 Å². The van der Waals surface area contributed by atoms with E-state index >= 15 is 0 Å². The molecule has 0 amide bonds. The van der Waals surface area contributed by atoms with Crippen LogP contribution in [0.4, 0.5) is 0 Å². The summed E-state index contributed by atoms with van der Waals surface area (Å²) in [5, 5.41) is 0. The standard InChI is InChI=1S/C8H15NO/c1-9-6-7-10-8(9)4-2-3-5-8/h2-7H2,1H3. The second kappa shape index (κ2) is 2.21. The highest BCUT2D eigenvalue weighted by atomic mass is 16.5. The van der Waals surface area contributed by atoms with Crippen molar-refractivity contribution < 1.29 is 4.74 Å². The normalized spacial score (nSPS) is 32.1. The predicted octanol–water partition coefficient (Wildman–Crippen LogP) is 1.22. The van der Waals surface area contributed by atoms with Gasteiger partial charge in [0.25, 0.3) is 0 Å². The van der Waals surface area contributed by atoms with Crippen LogP contribution in [0.25, 0.3) is 0 Å². The van der Waals surface area contributed by atoms with E-state index in [1.54, 1.807) is 0 Å². The minimum absolute atomic E-state index is 0.181. The molecule has 1 spiro atoms. The van der Waals surface area contributed by atoms with Crippen LogP contribution in [0.3, 0.4) is 0 Å². The number of hydrogen-bond donors (Lipinski definition) is 0. The molecule has 0 unspecified atom stereocenters. The molecule has 2 rings (SSSR count). The van der Waals surface area contributed by atoms with Gasteiger partial charge in [0.1, 0.15) is 5.72 Å². The molecule has 0 radical (unpaired) electrons. The first-order chi connectivity index (χ1) is 4.83. The molecule has 2 fully saturated rings. The summed E-state index contributed by atoms with van der Waals surface area (Å²) in [4.78, 5) is 2.38. The quantitative estimate of drug-likeness (QED) is 0.503. The smallest absolute Gasteiger partial charge is 0.121 e. The lowest BCUT2D eigenvalue weighted by Gasteiger charge is -2.29. The Morgan fingerprint density at radius 3 is 2.50 bits per heavy atom. The number of ether oxygens (including phenoxy) is 1. The van der Waals surface area contributed by atoms with Gasteiger partial charge in [-0.25, -0.2) is 0 Å². The van der Waals surface area contributed by atoms with E-state index in [-0.39, 0.29) is 5.72 Å². The summed E-state index contributed by atoms with van der Waals surface area (Å²) in [6.07, 6.45) is 5.21. The maximum absolute atomic E-state index is 5.74. The van der Waals surface area contributed by atoms with Gasteiger partial charge in [-0.15, -0.1) is 0 Å². The van der Waals surface area contributed by atoms with Crippen molar-refractivity contribution in [2.24, 2.45) is 0 Å². The Morgan fingerprint density at radius 1 is 1.30 bits per heavy atom. The fourth-order valence-electron chi connectivity index (χ4n) is 2.14. The van der Waals surface area contributed by atoms with Crippen LogP contribution in [0, 0.1) is 0 Å². The van der Waals surface area contributed by atoms with Crippen molar-refractivity contribution in [2.75, 3.05) is 20.2 Å². The van der Waals surface area contributed by atoms with E-state index in [2.05, 4.69) is 11.9 Å². The highest BCUT2D eigenvalue weighted by Gasteiger charge is 2.41. The maximum Gasteiger partial charge on any atom is 0.121 e. The van der Waals surface area contributed by atoms with E-state index in [1.807, 2.05) is 0 Å². The first-order valence-corrected chi connectivity index (χ1v) is 4.19. The zero-order chi connectivity index (χ0) is 7.03. The molecule has 0 aromatic rings. The number of hydrogen-bond acceptors (Lipinski definition) is 2. The predicted molar refractivity (Wildman–Crippen MR) is 39.8 cm³/mol. The largest absolute Gasteiger partial charge is 0.359 e. The van der Waals surface area contributed by atoms with Gasteiger partial charge in [-0.05, 0) is 32.7 Å². The molecule has 1 saturated carbocycles. The SMILES string of the molecule is CN1CCOC12CCCC2. The van der Waals surface area contributed by atoms with Crippen molar-refractivity contribution in [3.8, 4) is 0 Å². The number of nitrogens with zero attached hydrogens (tertiary/aromatic N) is 1. The van der Waals surface area contributed by atoms with Gasteiger partial charge < -0.3 is 4.74 Å². The second-order valence-electron chi connectivity index (χ2n) is 3.42. The van der Waals surface area contributed by atoms with Gasteiger partial charge in [-0.3, -0.25) is 4.90 Å². The molecule has 10 heavy (non-hydrogen) atoms. The van der Waals surface area contributed by atoms with E-state index < -0.39 is 0 Å². The lowest BCUT2D eigenvalue weighted by atomic mass is 10.2. The van der Waals surface area contributed by atoms with Crippen LogP contribution in [0.5, 0.6) is 0 Å². The summed E-state index contributed by atoms with van der Waals surface area (Å²) in [7, 11) is 2.18. The Kier molecular flexibility index (Phi) is 1.46. The van der Waals surface area contributed by atoms with Crippen molar-refractivity contribution in [3.05, 3.63) is 0 Å². The lowest BCUT2D eigenvalue weighted by Crippen LogP contribution is -2.39. The van der Waals surface area contributed by atoms with E-state index in [0.29, 0.717) is 0 Å². The summed E-state index contributed by atoms with van der Waals surface area (Å²) in [6.45, 7) is 2.07. The maximum atomic E-state index is 5.74. The molecule has 2 aliphatic rings. The Hall–Kier alpha value is -0.0800. The topological polar surface area (TPSA) is 12.5 Å². The monoisotopic (exact) mass is 141 g/mol.